The van der Waals surface area contributed by atoms with Crippen molar-refractivity contribution in [3.63, 3.8) is 0 Å². The number of carbonyl (C=O) groups excluding carboxylic acids is 1. The normalized spacial score (nSPS) is 20.3. The van der Waals surface area contributed by atoms with Crippen molar-refractivity contribution in [1.82, 2.24) is 14.7 Å². The summed E-state index contributed by atoms with van der Waals surface area (Å²) in [5.74, 6) is -3.76. The van der Waals surface area contributed by atoms with Crippen molar-refractivity contribution in [2.75, 3.05) is 24.5 Å². The highest BCUT2D eigenvalue weighted by Crippen LogP contribution is 2.41. The van der Waals surface area contributed by atoms with Gasteiger partial charge in [-0.2, -0.15) is 31.4 Å². The van der Waals surface area contributed by atoms with Crippen LogP contribution in [0.15, 0.2) is 30.3 Å². The van der Waals surface area contributed by atoms with Gasteiger partial charge in [0.2, 0.25) is 6.41 Å². The molecule has 2 heterocycles. The monoisotopic (exact) mass is 652 g/mol. The highest BCUT2D eigenvalue weighted by atomic mass is 19.4. The molecule has 1 saturated carbocycles. The highest BCUT2D eigenvalue weighted by Gasteiger charge is 2.38. The lowest BCUT2D eigenvalue weighted by atomic mass is 9.96. The molecular formula is C29H35F7N4O5. The summed E-state index contributed by atoms with van der Waals surface area (Å²) in [6.07, 6.45) is -4.81. The van der Waals surface area contributed by atoms with Gasteiger partial charge in [-0.3, -0.25) is 19.2 Å². The van der Waals surface area contributed by atoms with Gasteiger partial charge in [0.05, 0.1) is 23.7 Å². The topological polar surface area (TPSA) is 116 Å². The van der Waals surface area contributed by atoms with Crippen LogP contribution in [0.25, 0.3) is 11.3 Å². The molecule has 0 radical (unpaired) electrons. The number of alkyl halides is 7. The zero-order valence-corrected chi connectivity index (χ0v) is 24.5. The van der Waals surface area contributed by atoms with E-state index in [2.05, 4.69) is 5.10 Å². The predicted octanol–water partition coefficient (Wildman–Crippen LogP) is 6.34. The molecule has 2 aromatic rings. The van der Waals surface area contributed by atoms with Crippen LogP contribution in [0.3, 0.4) is 0 Å². The van der Waals surface area contributed by atoms with E-state index in [4.69, 9.17) is 9.90 Å². The molecule has 0 bridgehead atoms. The molecule has 9 nitrogen and oxygen atoms in total. The molecule has 2 atom stereocenters. The average molecular weight is 653 g/mol. The lowest BCUT2D eigenvalue weighted by Crippen LogP contribution is -2.46. The Hall–Kier alpha value is -3.69. The third-order valence-corrected chi connectivity index (χ3v) is 7.83. The zero-order valence-electron chi connectivity index (χ0n) is 24.5. The van der Waals surface area contributed by atoms with Gasteiger partial charge in [0, 0.05) is 30.8 Å². The SMILES string of the molecule is CC1(F)CCCN(CC[C@@H](CC(=O)O)N(C=O)c2cc(-c3ccccc3C(F)(F)F)n(C3CCCC3)n2)C1.O=C(O)C(F)(F)F. The largest absolute Gasteiger partial charge is 0.490 e. The Morgan fingerprint density at radius 2 is 1.73 bits per heavy atom. The minimum atomic E-state index is -5.08. The van der Waals surface area contributed by atoms with Crippen LogP contribution in [0.5, 0.6) is 0 Å². The highest BCUT2D eigenvalue weighted by molar-refractivity contribution is 5.79. The number of hydrogen-bond donors (Lipinski definition) is 2. The van der Waals surface area contributed by atoms with Gasteiger partial charge in [0.15, 0.2) is 5.82 Å². The molecule has 2 aliphatic rings. The second kappa shape index (κ2) is 14.6. The molecule has 0 spiro atoms. The summed E-state index contributed by atoms with van der Waals surface area (Å²) in [6.45, 7) is 2.83. The summed E-state index contributed by atoms with van der Waals surface area (Å²) in [5.41, 5.74) is -1.93. The average Bonchev–Trinajstić information content (AvgIpc) is 3.61. The van der Waals surface area contributed by atoms with Crippen LogP contribution >= 0.6 is 0 Å². The van der Waals surface area contributed by atoms with Crippen molar-refractivity contribution in [3.8, 4) is 11.3 Å². The van der Waals surface area contributed by atoms with Crippen LogP contribution in [0.4, 0.5) is 36.6 Å². The van der Waals surface area contributed by atoms with E-state index in [0.717, 1.165) is 31.7 Å². The van der Waals surface area contributed by atoms with Crippen LogP contribution in [-0.2, 0) is 20.6 Å². The first kappa shape index (κ1) is 35.8. The molecule has 250 valence electrons. The molecule has 4 rings (SSSR count). The maximum atomic E-state index is 14.5. The van der Waals surface area contributed by atoms with E-state index in [0.29, 0.717) is 32.3 Å². The molecule has 1 aliphatic carbocycles. The standard InChI is InChI=1S/C27H34F4N4O3.C2HF3O2/c1-26(28)12-6-13-33(17-26)14-11-20(15-25(37)38)34(18-36)24-16-23(35(32-24)19-7-2-3-8-19)21-9-4-5-10-22(21)27(29,30)31;3-2(4,5)1(6)7/h4-5,9-10,16,18-20H,2-3,6-8,11-15,17H2,1H3,(H,37,38);(H,6,7)/t20-,26?;/m0./s1. The van der Waals surface area contributed by atoms with E-state index in [1.165, 1.54) is 29.2 Å². The van der Waals surface area contributed by atoms with Crippen molar-refractivity contribution in [1.29, 1.82) is 0 Å². The molecule has 2 fully saturated rings. The number of aliphatic carboxylic acids is 2. The Bertz CT molecular complexity index is 1320. The number of carbonyl (C=O) groups is 3. The van der Waals surface area contributed by atoms with E-state index < -0.39 is 41.6 Å². The van der Waals surface area contributed by atoms with Gasteiger partial charge in [0.25, 0.3) is 0 Å². The van der Waals surface area contributed by atoms with Crippen molar-refractivity contribution < 1.29 is 55.3 Å². The number of carboxylic acids is 2. The van der Waals surface area contributed by atoms with E-state index in [-0.39, 0.29) is 42.5 Å². The van der Waals surface area contributed by atoms with Gasteiger partial charge >= 0.3 is 24.3 Å². The number of hydrogen-bond acceptors (Lipinski definition) is 5. The van der Waals surface area contributed by atoms with Crippen LogP contribution < -0.4 is 4.90 Å². The maximum absolute atomic E-state index is 14.5. The van der Waals surface area contributed by atoms with E-state index in [1.807, 2.05) is 4.90 Å². The Kier molecular flexibility index (Phi) is 11.6. The third kappa shape index (κ3) is 9.90. The van der Waals surface area contributed by atoms with E-state index in [9.17, 15) is 45.4 Å². The summed E-state index contributed by atoms with van der Waals surface area (Å²) in [6, 6.07) is 5.79. The van der Waals surface area contributed by atoms with Gasteiger partial charge in [-0.1, -0.05) is 31.0 Å². The molecule has 1 aromatic heterocycles. The second-order valence-electron chi connectivity index (χ2n) is 11.5. The second-order valence-corrected chi connectivity index (χ2v) is 11.5. The fraction of sp³-hybridized carbons (Fsp3) is 0.586. The fourth-order valence-electron chi connectivity index (χ4n) is 5.78. The maximum Gasteiger partial charge on any atom is 0.490 e. The molecule has 45 heavy (non-hydrogen) atoms. The van der Waals surface area contributed by atoms with Gasteiger partial charge in [-0.05, 0) is 51.6 Å². The van der Waals surface area contributed by atoms with Crippen molar-refractivity contribution in [2.24, 2.45) is 0 Å². The van der Waals surface area contributed by atoms with Gasteiger partial charge in [0.1, 0.15) is 5.67 Å². The van der Waals surface area contributed by atoms with Crippen molar-refractivity contribution in [3.05, 3.63) is 35.9 Å². The third-order valence-electron chi connectivity index (χ3n) is 7.83. The number of benzene rings is 1. The number of carboxylic acid groups (broad SMARTS) is 2. The quantitative estimate of drug-likeness (QED) is 0.228. The first-order valence-electron chi connectivity index (χ1n) is 14.4. The predicted molar refractivity (Wildman–Crippen MR) is 148 cm³/mol. The fourth-order valence-corrected chi connectivity index (χ4v) is 5.78. The van der Waals surface area contributed by atoms with E-state index in [1.54, 1.807) is 11.6 Å². The Morgan fingerprint density at radius 1 is 1.11 bits per heavy atom. The van der Waals surface area contributed by atoms with Gasteiger partial charge < -0.3 is 15.1 Å². The van der Waals surface area contributed by atoms with Gasteiger partial charge in [-0.25, -0.2) is 9.18 Å². The number of rotatable bonds is 10. The van der Waals surface area contributed by atoms with Crippen LogP contribution in [0, 0.1) is 0 Å². The number of piperidine rings is 1. The number of halogens is 7. The summed E-state index contributed by atoms with van der Waals surface area (Å²) in [4.78, 5) is 36.0. The minimum absolute atomic E-state index is 0.0400. The molecule has 1 saturated heterocycles. The lowest BCUT2D eigenvalue weighted by Gasteiger charge is -2.36. The molecule has 1 aliphatic heterocycles. The number of likely N-dealkylation sites (tertiary alicyclic amines) is 1. The number of aromatic nitrogens is 2. The molecule has 16 heteroatoms. The molecular weight excluding hydrogens is 617 g/mol. The summed E-state index contributed by atoms with van der Waals surface area (Å²) in [5, 5.41) is 21.3. The lowest BCUT2D eigenvalue weighted by molar-refractivity contribution is -0.192. The van der Waals surface area contributed by atoms with E-state index >= 15 is 0 Å². The number of nitrogens with zero attached hydrogens (tertiary/aromatic N) is 4. The van der Waals surface area contributed by atoms with Crippen molar-refractivity contribution >= 4 is 24.2 Å². The minimum Gasteiger partial charge on any atom is -0.481 e. The summed E-state index contributed by atoms with van der Waals surface area (Å²) >= 11 is 0. The molecule has 1 aromatic carbocycles. The Balaban J connectivity index is 0.000000707. The zero-order chi connectivity index (χ0) is 33.6. The first-order chi connectivity index (χ1) is 20.9. The summed E-state index contributed by atoms with van der Waals surface area (Å²) in [7, 11) is 0. The Labute approximate surface area is 254 Å². The van der Waals surface area contributed by atoms with Crippen LogP contribution in [0.1, 0.15) is 69.9 Å². The Morgan fingerprint density at radius 3 is 2.27 bits per heavy atom. The summed E-state index contributed by atoms with van der Waals surface area (Å²) < 4.78 is 89.5. The van der Waals surface area contributed by atoms with Crippen molar-refractivity contribution in [2.45, 2.75) is 88.4 Å². The number of anilines is 1. The van der Waals surface area contributed by atoms with Gasteiger partial charge in [-0.15, -0.1) is 0 Å². The van der Waals surface area contributed by atoms with Crippen LogP contribution in [0.2, 0.25) is 0 Å². The molecule has 1 unspecified atom stereocenters. The molecule has 1 amide bonds. The first-order valence-corrected chi connectivity index (χ1v) is 14.4. The number of amides is 1. The van der Waals surface area contributed by atoms with Crippen LogP contribution in [-0.4, -0.2) is 80.8 Å². The molecule has 2 N–H and O–H groups in total. The smallest absolute Gasteiger partial charge is 0.481 e.